The summed E-state index contributed by atoms with van der Waals surface area (Å²) in [4.78, 5) is 4.30. The molecule has 1 aromatic rings. The Morgan fingerprint density at radius 2 is 2.27 bits per heavy atom. The Hall–Kier alpha value is -0.830. The summed E-state index contributed by atoms with van der Waals surface area (Å²) in [6.45, 7) is 8.68. The molecule has 0 saturated carbocycles. The number of imidazole rings is 1. The van der Waals surface area contributed by atoms with E-state index in [-0.39, 0.29) is 0 Å². The lowest BCUT2D eigenvalue weighted by Crippen LogP contribution is -2.29. The van der Waals surface area contributed by atoms with E-state index in [9.17, 15) is 0 Å². The zero-order valence-electron chi connectivity index (χ0n) is 10.2. The Labute approximate surface area is 92.9 Å². The topological polar surface area (TPSA) is 29.9 Å². The Morgan fingerprint density at radius 3 is 2.93 bits per heavy atom. The summed E-state index contributed by atoms with van der Waals surface area (Å²) in [5, 5.41) is 3.52. The van der Waals surface area contributed by atoms with Crippen LogP contribution in [0.25, 0.3) is 0 Å². The molecule has 86 valence electrons. The van der Waals surface area contributed by atoms with Gasteiger partial charge in [0.25, 0.3) is 0 Å². The first kappa shape index (κ1) is 12.2. The first-order valence-corrected chi connectivity index (χ1v) is 6.01. The van der Waals surface area contributed by atoms with Crippen molar-refractivity contribution in [2.75, 3.05) is 6.54 Å². The molecule has 0 aliphatic carbocycles. The molecule has 1 atom stereocenters. The average molecular weight is 209 g/mol. The Kier molecular flexibility index (Phi) is 5.40. The summed E-state index contributed by atoms with van der Waals surface area (Å²) in [6, 6.07) is 0.628. The van der Waals surface area contributed by atoms with E-state index in [0.717, 1.165) is 19.5 Å². The van der Waals surface area contributed by atoms with Crippen molar-refractivity contribution in [3.8, 4) is 0 Å². The predicted octanol–water partition coefficient (Wildman–Crippen LogP) is 2.22. The highest BCUT2D eigenvalue weighted by Crippen LogP contribution is 1.98. The van der Waals surface area contributed by atoms with Crippen molar-refractivity contribution in [3.05, 3.63) is 18.2 Å². The minimum absolute atomic E-state index is 0.628. The normalized spacial score (nSPS) is 13.0. The maximum Gasteiger partial charge on any atom is 0.108 e. The van der Waals surface area contributed by atoms with Crippen LogP contribution in [-0.2, 0) is 13.0 Å². The summed E-state index contributed by atoms with van der Waals surface area (Å²) in [6.07, 6.45) is 7.46. The van der Waals surface area contributed by atoms with Gasteiger partial charge in [-0.3, -0.25) is 0 Å². The third-order valence-corrected chi connectivity index (χ3v) is 2.69. The van der Waals surface area contributed by atoms with E-state index in [4.69, 9.17) is 0 Å². The SMILES string of the molecule is CCCC(C)NCCn1ccnc1CC. The second-order valence-corrected chi connectivity index (χ2v) is 4.03. The van der Waals surface area contributed by atoms with Crippen molar-refractivity contribution < 1.29 is 0 Å². The fourth-order valence-electron chi connectivity index (χ4n) is 1.82. The van der Waals surface area contributed by atoms with Crippen molar-refractivity contribution in [2.45, 2.75) is 52.6 Å². The van der Waals surface area contributed by atoms with Crippen LogP contribution in [-0.4, -0.2) is 22.1 Å². The van der Waals surface area contributed by atoms with E-state index in [2.05, 4.69) is 41.8 Å². The monoisotopic (exact) mass is 209 g/mol. The van der Waals surface area contributed by atoms with Crippen LogP contribution in [0.3, 0.4) is 0 Å². The van der Waals surface area contributed by atoms with Crippen LogP contribution < -0.4 is 5.32 Å². The third-order valence-electron chi connectivity index (χ3n) is 2.69. The molecular formula is C12H23N3. The molecule has 0 bridgehead atoms. The average Bonchev–Trinajstić information content (AvgIpc) is 2.66. The molecule has 0 fully saturated rings. The van der Waals surface area contributed by atoms with E-state index < -0.39 is 0 Å². The van der Waals surface area contributed by atoms with Crippen molar-refractivity contribution >= 4 is 0 Å². The Bertz CT molecular complexity index is 268. The molecule has 15 heavy (non-hydrogen) atoms. The lowest BCUT2D eigenvalue weighted by atomic mass is 10.2. The maximum absolute atomic E-state index is 4.30. The zero-order valence-corrected chi connectivity index (χ0v) is 10.2. The molecule has 0 amide bonds. The maximum atomic E-state index is 4.30. The molecule has 0 spiro atoms. The lowest BCUT2D eigenvalue weighted by Gasteiger charge is -2.13. The van der Waals surface area contributed by atoms with Gasteiger partial charge in [0.15, 0.2) is 0 Å². The fourth-order valence-corrected chi connectivity index (χ4v) is 1.82. The Balaban J connectivity index is 2.25. The first-order valence-electron chi connectivity index (χ1n) is 6.01. The van der Waals surface area contributed by atoms with Gasteiger partial charge in [-0.2, -0.15) is 0 Å². The quantitative estimate of drug-likeness (QED) is 0.746. The van der Waals surface area contributed by atoms with E-state index in [0.29, 0.717) is 6.04 Å². The van der Waals surface area contributed by atoms with Gasteiger partial charge in [-0.1, -0.05) is 20.3 Å². The van der Waals surface area contributed by atoms with Gasteiger partial charge in [-0.05, 0) is 13.3 Å². The number of aryl methyl sites for hydroxylation is 1. The molecule has 0 aromatic carbocycles. The number of aromatic nitrogens is 2. The van der Waals surface area contributed by atoms with Crippen molar-refractivity contribution in [1.29, 1.82) is 0 Å². The minimum Gasteiger partial charge on any atom is -0.334 e. The zero-order chi connectivity index (χ0) is 11.1. The number of hydrogen-bond acceptors (Lipinski definition) is 2. The summed E-state index contributed by atoms with van der Waals surface area (Å²) in [5.74, 6) is 1.18. The standard InChI is InChI=1S/C12H23N3/c1-4-6-11(3)13-7-9-15-10-8-14-12(15)5-2/h8,10-11,13H,4-7,9H2,1-3H3. The molecule has 0 saturated heterocycles. The molecule has 0 aliphatic heterocycles. The summed E-state index contributed by atoms with van der Waals surface area (Å²) >= 11 is 0. The van der Waals surface area contributed by atoms with Crippen LogP contribution in [0.1, 0.15) is 39.4 Å². The van der Waals surface area contributed by atoms with Crippen molar-refractivity contribution in [2.24, 2.45) is 0 Å². The Morgan fingerprint density at radius 1 is 1.47 bits per heavy atom. The van der Waals surface area contributed by atoms with Crippen LogP contribution in [0.4, 0.5) is 0 Å². The van der Waals surface area contributed by atoms with Gasteiger partial charge in [0.05, 0.1) is 0 Å². The van der Waals surface area contributed by atoms with E-state index >= 15 is 0 Å². The summed E-state index contributed by atoms with van der Waals surface area (Å²) < 4.78 is 2.23. The van der Waals surface area contributed by atoms with Crippen LogP contribution >= 0.6 is 0 Å². The van der Waals surface area contributed by atoms with E-state index in [1.165, 1.54) is 18.7 Å². The fraction of sp³-hybridized carbons (Fsp3) is 0.750. The number of hydrogen-bond donors (Lipinski definition) is 1. The van der Waals surface area contributed by atoms with Gasteiger partial charge in [-0.15, -0.1) is 0 Å². The highest BCUT2D eigenvalue weighted by Gasteiger charge is 2.01. The second-order valence-electron chi connectivity index (χ2n) is 4.03. The highest BCUT2D eigenvalue weighted by molar-refractivity contribution is 4.91. The summed E-state index contributed by atoms with van der Waals surface area (Å²) in [5.41, 5.74) is 0. The molecule has 1 heterocycles. The highest BCUT2D eigenvalue weighted by atomic mass is 15.1. The molecule has 0 radical (unpaired) electrons. The van der Waals surface area contributed by atoms with Gasteiger partial charge < -0.3 is 9.88 Å². The smallest absolute Gasteiger partial charge is 0.108 e. The summed E-state index contributed by atoms with van der Waals surface area (Å²) in [7, 11) is 0. The van der Waals surface area contributed by atoms with Gasteiger partial charge in [0.1, 0.15) is 5.82 Å². The predicted molar refractivity (Wildman–Crippen MR) is 64.0 cm³/mol. The van der Waals surface area contributed by atoms with Gasteiger partial charge in [0, 0.05) is 37.9 Å². The van der Waals surface area contributed by atoms with Gasteiger partial charge in [0.2, 0.25) is 0 Å². The molecule has 1 unspecified atom stereocenters. The molecule has 3 heteroatoms. The number of rotatable bonds is 7. The van der Waals surface area contributed by atoms with E-state index in [1.807, 2.05) is 6.20 Å². The van der Waals surface area contributed by atoms with Gasteiger partial charge in [-0.25, -0.2) is 4.98 Å². The van der Waals surface area contributed by atoms with Crippen molar-refractivity contribution in [3.63, 3.8) is 0 Å². The lowest BCUT2D eigenvalue weighted by molar-refractivity contribution is 0.481. The van der Waals surface area contributed by atoms with Crippen LogP contribution in [0.15, 0.2) is 12.4 Å². The molecule has 1 rings (SSSR count). The first-order chi connectivity index (χ1) is 7.27. The molecular weight excluding hydrogens is 186 g/mol. The molecule has 0 aliphatic rings. The van der Waals surface area contributed by atoms with Crippen LogP contribution in [0.5, 0.6) is 0 Å². The third kappa shape index (κ3) is 4.04. The minimum atomic E-state index is 0.628. The molecule has 3 nitrogen and oxygen atoms in total. The van der Waals surface area contributed by atoms with Crippen LogP contribution in [0.2, 0.25) is 0 Å². The van der Waals surface area contributed by atoms with Crippen molar-refractivity contribution in [1.82, 2.24) is 14.9 Å². The second kappa shape index (κ2) is 6.62. The number of nitrogens with one attached hydrogen (secondary N) is 1. The van der Waals surface area contributed by atoms with E-state index in [1.54, 1.807) is 0 Å². The molecule has 1 N–H and O–H groups in total. The molecule has 1 aromatic heterocycles. The van der Waals surface area contributed by atoms with Gasteiger partial charge >= 0.3 is 0 Å². The largest absolute Gasteiger partial charge is 0.334 e. The number of nitrogens with zero attached hydrogens (tertiary/aromatic N) is 2. The van der Waals surface area contributed by atoms with Crippen LogP contribution in [0, 0.1) is 0 Å².